The molecule has 3 nitrogen and oxygen atoms in total. The molecule has 0 radical (unpaired) electrons. The van der Waals surface area contributed by atoms with Crippen molar-refractivity contribution in [2.45, 2.75) is 33.3 Å². The standard InChI is InChI=1S/C9H15NO2/c1-6(2)8(5-11)9-4-7(3)10-12-9/h5-6,8-9H,4H2,1-3H3. The molecule has 68 valence electrons. The van der Waals surface area contributed by atoms with Gasteiger partial charge in [-0.3, -0.25) is 0 Å². The molecule has 0 amide bonds. The summed E-state index contributed by atoms with van der Waals surface area (Å²) in [5.74, 6) is 0.305. The Morgan fingerprint density at radius 2 is 2.33 bits per heavy atom. The van der Waals surface area contributed by atoms with Crippen molar-refractivity contribution in [3.63, 3.8) is 0 Å². The van der Waals surface area contributed by atoms with Gasteiger partial charge in [0.2, 0.25) is 0 Å². The zero-order chi connectivity index (χ0) is 9.14. The van der Waals surface area contributed by atoms with Gasteiger partial charge in [0, 0.05) is 6.42 Å². The number of rotatable bonds is 3. The number of hydrogen-bond acceptors (Lipinski definition) is 3. The van der Waals surface area contributed by atoms with E-state index < -0.39 is 0 Å². The van der Waals surface area contributed by atoms with Gasteiger partial charge >= 0.3 is 0 Å². The second-order valence-electron chi connectivity index (χ2n) is 3.63. The molecular formula is C9H15NO2. The Balaban J connectivity index is 2.52. The van der Waals surface area contributed by atoms with Crippen LogP contribution in [0.25, 0.3) is 0 Å². The summed E-state index contributed by atoms with van der Waals surface area (Å²) in [4.78, 5) is 15.8. The number of carbonyl (C=O) groups is 1. The van der Waals surface area contributed by atoms with Crippen LogP contribution in [0.2, 0.25) is 0 Å². The zero-order valence-corrected chi connectivity index (χ0v) is 7.78. The first-order valence-electron chi connectivity index (χ1n) is 4.29. The van der Waals surface area contributed by atoms with Gasteiger partial charge < -0.3 is 9.63 Å². The first kappa shape index (κ1) is 9.23. The van der Waals surface area contributed by atoms with Crippen LogP contribution in [0.4, 0.5) is 0 Å². The molecule has 12 heavy (non-hydrogen) atoms. The molecule has 2 unspecified atom stereocenters. The highest BCUT2D eigenvalue weighted by Gasteiger charge is 2.29. The van der Waals surface area contributed by atoms with Crippen LogP contribution >= 0.6 is 0 Å². The summed E-state index contributed by atoms with van der Waals surface area (Å²) >= 11 is 0. The molecule has 0 aliphatic carbocycles. The van der Waals surface area contributed by atoms with Gasteiger partial charge in [-0.2, -0.15) is 0 Å². The highest BCUT2D eigenvalue weighted by Crippen LogP contribution is 2.23. The van der Waals surface area contributed by atoms with Gasteiger partial charge in [-0.05, 0) is 12.8 Å². The molecule has 1 rings (SSSR count). The van der Waals surface area contributed by atoms with Gasteiger partial charge in [0.25, 0.3) is 0 Å². The first-order chi connectivity index (χ1) is 5.65. The van der Waals surface area contributed by atoms with Crippen LogP contribution in [0, 0.1) is 11.8 Å². The molecule has 0 aromatic rings. The fourth-order valence-electron chi connectivity index (χ4n) is 1.40. The van der Waals surface area contributed by atoms with Gasteiger partial charge in [0.15, 0.2) is 0 Å². The van der Waals surface area contributed by atoms with Crippen LogP contribution in [0.15, 0.2) is 5.16 Å². The molecule has 0 saturated carbocycles. The SMILES string of the molecule is CC1=NOC(C(C=O)C(C)C)C1. The van der Waals surface area contributed by atoms with Crippen LogP contribution in [0.3, 0.4) is 0 Å². The molecule has 0 bridgehead atoms. The average Bonchev–Trinajstić information content (AvgIpc) is 2.37. The highest BCUT2D eigenvalue weighted by atomic mass is 16.6. The smallest absolute Gasteiger partial charge is 0.142 e. The summed E-state index contributed by atoms with van der Waals surface area (Å²) in [5, 5.41) is 3.83. The second kappa shape index (κ2) is 3.70. The minimum Gasteiger partial charge on any atom is -0.391 e. The van der Waals surface area contributed by atoms with E-state index in [1.165, 1.54) is 0 Å². The predicted octanol–water partition coefficient (Wildman–Crippen LogP) is 1.62. The van der Waals surface area contributed by atoms with Crippen molar-refractivity contribution in [2.24, 2.45) is 17.0 Å². The Morgan fingerprint density at radius 3 is 2.67 bits per heavy atom. The number of hydrogen-bond donors (Lipinski definition) is 0. The lowest BCUT2D eigenvalue weighted by Crippen LogP contribution is -2.26. The van der Waals surface area contributed by atoms with E-state index in [1.54, 1.807) is 0 Å². The maximum absolute atomic E-state index is 10.7. The van der Waals surface area contributed by atoms with E-state index in [9.17, 15) is 4.79 Å². The molecule has 0 saturated heterocycles. The maximum Gasteiger partial charge on any atom is 0.142 e. The van der Waals surface area contributed by atoms with Gasteiger partial charge in [-0.15, -0.1) is 0 Å². The van der Waals surface area contributed by atoms with Gasteiger partial charge in [0.1, 0.15) is 12.4 Å². The number of aldehydes is 1. The van der Waals surface area contributed by atoms with Gasteiger partial charge in [-0.1, -0.05) is 19.0 Å². The largest absolute Gasteiger partial charge is 0.391 e. The van der Waals surface area contributed by atoms with E-state index in [0.29, 0.717) is 5.92 Å². The summed E-state index contributed by atoms with van der Waals surface area (Å²) < 4.78 is 0. The van der Waals surface area contributed by atoms with Crippen LogP contribution in [-0.4, -0.2) is 18.1 Å². The lowest BCUT2D eigenvalue weighted by atomic mass is 9.89. The Morgan fingerprint density at radius 1 is 1.67 bits per heavy atom. The summed E-state index contributed by atoms with van der Waals surface area (Å²) in [6.45, 7) is 5.97. The van der Waals surface area contributed by atoms with Crippen molar-refractivity contribution in [3.05, 3.63) is 0 Å². The molecule has 0 fully saturated rings. The number of carbonyl (C=O) groups excluding carboxylic acids is 1. The summed E-state index contributed by atoms with van der Waals surface area (Å²) in [6, 6.07) is 0. The number of oxime groups is 1. The van der Waals surface area contributed by atoms with Gasteiger partial charge in [0.05, 0.1) is 11.6 Å². The van der Waals surface area contributed by atoms with Crippen LogP contribution < -0.4 is 0 Å². The molecule has 0 aromatic carbocycles. The van der Waals surface area contributed by atoms with E-state index >= 15 is 0 Å². The van der Waals surface area contributed by atoms with Crippen molar-refractivity contribution in [3.8, 4) is 0 Å². The highest BCUT2D eigenvalue weighted by molar-refractivity contribution is 5.83. The third-order valence-corrected chi connectivity index (χ3v) is 2.20. The third-order valence-electron chi connectivity index (χ3n) is 2.20. The van der Waals surface area contributed by atoms with Gasteiger partial charge in [-0.25, -0.2) is 0 Å². The molecule has 1 heterocycles. The minimum atomic E-state index is -0.0255. The molecule has 0 N–H and O–H groups in total. The Labute approximate surface area is 72.8 Å². The summed E-state index contributed by atoms with van der Waals surface area (Å²) in [6.07, 6.45) is 1.74. The van der Waals surface area contributed by atoms with Crippen molar-refractivity contribution < 1.29 is 9.63 Å². The molecule has 3 heteroatoms. The molecule has 0 spiro atoms. The topological polar surface area (TPSA) is 38.7 Å². The molecule has 1 aliphatic heterocycles. The fourth-order valence-corrected chi connectivity index (χ4v) is 1.40. The average molecular weight is 169 g/mol. The predicted molar refractivity (Wildman–Crippen MR) is 47.0 cm³/mol. The van der Waals surface area contributed by atoms with Crippen molar-refractivity contribution >= 4 is 12.0 Å². The van der Waals surface area contributed by atoms with Crippen LogP contribution in [-0.2, 0) is 9.63 Å². The van der Waals surface area contributed by atoms with Crippen molar-refractivity contribution in [1.29, 1.82) is 0 Å². The lowest BCUT2D eigenvalue weighted by Gasteiger charge is -2.18. The van der Waals surface area contributed by atoms with E-state index in [0.717, 1.165) is 18.4 Å². The van der Waals surface area contributed by atoms with Crippen LogP contribution in [0.1, 0.15) is 27.2 Å². The Kier molecular flexibility index (Phi) is 2.84. The molecule has 2 atom stereocenters. The Bertz CT molecular complexity index is 199. The van der Waals surface area contributed by atoms with E-state index in [-0.39, 0.29) is 12.0 Å². The first-order valence-corrected chi connectivity index (χ1v) is 4.29. The van der Waals surface area contributed by atoms with Crippen molar-refractivity contribution in [1.82, 2.24) is 0 Å². The van der Waals surface area contributed by atoms with Crippen LogP contribution in [0.5, 0.6) is 0 Å². The lowest BCUT2D eigenvalue weighted by molar-refractivity contribution is -0.117. The van der Waals surface area contributed by atoms with E-state index in [4.69, 9.17) is 4.84 Å². The summed E-state index contributed by atoms with van der Waals surface area (Å²) in [7, 11) is 0. The molecular weight excluding hydrogens is 154 g/mol. The Hall–Kier alpha value is -0.860. The molecule has 0 aromatic heterocycles. The fraction of sp³-hybridized carbons (Fsp3) is 0.778. The normalized spacial score (nSPS) is 25.0. The second-order valence-corrected chi connectivity index (χ2v) is 3.63. The minimum absolute atomic E-state index is 0.0220. The van der Waals surface area contributed by atoms with Crippen molar-refractivity contribution in [2.75, 3.05) is 0 Å². The molecule has 1 aliphatic rings. The summed E-state index contributed by atoms with van der Waals surface area (Å²) in [5.41, 5.74) is 0.979. The zero-order valence-electron chi connectivity index (χ0n) is 7.78. The van der Waals surface area contributed by atoms with E-state index in [2.05, 4.69) is 5.16 Å². The quantitative estimate of drug-likeness (QED) is 0.602. The van der Waals surface area contributed by atoms with E-state index in [1.807, 2.05) is 20.8 Å². The number of nitrogens with zero attached hydrogens (tertiary/aromatic N) is 1. The monoisotopic (exact) mass is 169 g/mol. The third kappa shape index (κ3) is 1.84. The maximum atomic E-state index is 10.7.